The molecule has 0 aromatic carbocycles. The largest absolute Gasteiger partial charge is 0.476 e. The van der Waals surface area contributed by atoms with Gasteiger partial charge in [0.15, 0.2) is 5.69 Å². The lowest BCUT2D eigenvalue weighted by atomic mass is 10.4. The third kappa shape index (κ3) is 6.85. The van der Waals surface area contributed by atoms with E-state index in [1.807, 2.05) is 0 Å². The highest BCUT2D eigenvalue weighted by Gasteiger charge is 2.07. The van der Waals surface area contributed by atoms with Crippen LogP contribution in [0.15, 0.2) is 6.20 Å². The maximum Gasteiger partial charge on any atom is 0.358 e. The Morgan fingerprint density at radius 3 is 2.95 bits per heavy atom. The van der Waals surface area contributed by atoms with Crippen LogP contribution in [0.25, 0.3) is 0 Å². The van der Waals surface area contributed by atoms with Gasteiger partial charge in [-0.15, -0.1) is 5.10 Å². The molecule has 0 saturated carbocycles. The second kappa shape index (κ2) is 9.42. The fourth-order valence-electron chi connectivity index (χ4n) is 1.37. The minimum Gasteiger partial charge on any atom is -0.476 e. The first-order chi connectivity index (χ1) is 9.24. The average Bonchev–Trinajstić information content (AvgIpc) is 2.86. The van der Waals surface area contributed by atoms with E-state index < -0.39 is 5.97 Å². The molecule has 2 N–H and O–H groups in total. The predicted molar refractivity (Wildman–Crippen MR) is 67.2 cm³/mol. The molecular weight excluding hydrogens is 252 g/mol. The number of carboxylic acid groups (broad SMARTS) is 1. The number of carboxylic acids is 1. The van der Waals surface area contributed by atoms with Crippen LogP contribution in [0.2, 0.25) is 0 Å². The first kappa shape index (κ1) is 15.5. The molecule has 108 valence electrons. The molecule has 0 bridgehead atoms. The fourth-order valence-corrected chi connectivity index (χ4v) is 1.37. The summed E-state index contributed by atoms with van der Waals surface area (Å²) in [5.41, 5.74) is -0.0356. The van der Waals surface area contributed by atoms with Crippen molar-refractivity contribution in [2.75, 3.05) is 40.0 Å². The van der Waals surface area contributed by atoms with Gasteiger partial charge in [-0.2, -0.15) is 0 Å². The number of methoxy groups -OCH3 is 1. The monoisotopic (exact) mass is 272 g/mol. The van der Waals surface area contributed by atoms with Crippen LogP contribution in [0.5, 0.6) is 0 Å². The van der Waals surface area contributed by atoms with Crippen molar-refractivity contribution in [1.29, 1.82) is 0 Å². The van der Waals surface area contributed by atoms with E-state index in [0.717, 1.165) is 13.0 Å². The number of nitrogens with zero attached hydrogens (tertiary/aromatic N) is 3. The lowest BCUT2D eigenvalue weighted by Gasteiger charge is -2.05. The van der Waals surface area contributed by atoms with Gasteiger partial charge in [-0.3, -0.25) is 4.68 Å². The zero-order valence-corrected chi connectivity index (χ0v) is 11.0. The highest BCUT2D eigenvalue weighted by molar-refractivity contribution is 5.84. The molecule has 0 amide bonds. The summed E-state index contributed by atoms with van der Waals surface area (Å²) in [6, 6.07) is 0. The van der Waals surface area contributed by atoms with E-state index in [4.69, 9.17) is 14.6 Å². The Hall–Kier alpha value is -1.51. The summed E-state index contributed by atoms with van der Waals surface area (Å²) in [4.78, 5) is 10.6. The highest BCUT2D eigenvalue weighted by Crippen LogP contribution is 1.91. The minimum absolute atomic E-state index is 0.0356. The van der Waals surface area contributed by atoms with Crippen molar-refractivity contribution in [2.45, 2.75) is 13.0 Å². The Morgan fingerprint density at radius 1 is 1.42 bits per heavy atom. The molecule has 1 aromatic rings. The van der Waals surface area contributed by atoms with E-state index in [0.29, 0.717) is 32.9 Å². The van der Waals surface area contributed by atoms with Gasteiger partial charge in [-0.25, -0.2) is 4.79 Å². The molecule has 0 aliphatic rings. The molecule has 1 rings (SSSR count). The van der Waals surface area contributed by atoms with E-state index >= 15 is 0 Å². The van der Waals surface area contributed by atoms with Crippen molar-refractivity contribution in [3.8, 4) is 0 Å². The fraction of sp³-hybridized carbons (Fsp3) is 0.727. The Bertz CT molecular complexity index is 369. The smallest absolute Gasteiger partial charge is 0.358 e. The van der Waals surface area contributed by atoms with Gasteiger partial charge in [0.25, 0.3) is 0 Å². The summed E-state index contributed by atoms with van der Waals surface area (Å²) >= 11 is 0. The summed E-state index contributed by atoms with van der Waals surface area (Å²) in [5, 5.41) is 19.1. The first-order valence-corrected chi connectivity index (χ1v) is 6.15. The van der Waals surface area contributed by atoms with Crippen molar-refractivity contribution in [2.24, 2.45) is 0 Å². The van der Waals surface area contributed by atoms with Gasteiger partial charge in [0.05, 0.1) is 26.0 Å². The maximum absolute atomic E-state index is 10.6. The Labute approximate surface area is 111 Å². The standard InChI is InChI=1S/C11H20N4O4/c1-18-7-8-19-6-2-3-12-4-5-15-9-10(11(16)17)13-14-15/h9,12H,2-8H2,1H3,(H,16,17). The molecule has 0 spiro atoms. The van der Waals surface area contributed by atoms with Crippen LogP contribution in [-0.4, -0.2) is 66.1 Å². The molecule has 1 aromatic heterocycles. The van der Waals surface area contributed by atoms with E-state index in [9.17, 15) is 4.79 Å². The number of nitrogens with one attached hydrogen (secondary N) is 1. The Morgan fingerprint density at radius 2 is 2.26 bits per heavy atom. The number of carbonyl (C=O) groups is 1. The second-order valence-corrected chi connectivity index (χ2v) is 3.88. The van der Waals surface area contributed by atoms with Crippen LogP contribution in [0, 0.1) is 0 Å². The molecule has 0 aliphatic carbocycles. The summed E-state index contributed by atoms with van der Waals surface area (Å²) in [6.45, 7) is 4.07. The van der Waals surface area contributed by atoms with Gasteiger partial charge in [0, 0.05) is 20.3 Å². The number of aromatic carboxylic acids is 1. The summed E-state index contributed by atoms with van der Waals surface area (Å²) < 4.78 is 11.7. The Balaban J connectivity index is 1.97. The molecule has 0 atom stereocenters. The normalized spacial score (nSPS) is 10.8. The van der Waals surface area contributed by atoms with E-state index in [1.54, 1.807) is 7.11 Å². The van der Waals surface area contributed by atoms with E-state index in [1.165, 1.54) is 10.9 Å². The molecule has 0 fully saturated rings. The van der Waals surface area contributed by atoms with Crippen LogP contribution in [0.1, 0.15) is 16.9 Å². The average molecular weight is 272 g/mol. The van der Waals surface area contributed by atoms with Crippen LogP contribution >= 0.6 is 0 Å². The van der Waals surface area contributed by atoms with Gasteiger partial charge < -0.3 is 19.9 Å². The van der Waals surface area contributed by atoms with Crippen LogP contribution in [-0.2, 0) is 16.0 Å². The van der Waals surface area contributed by atoms with E-state index in [-0.39, 0.29) is 5.69 Å². The van der Waals surface area contributed by atoms with Crippen molar-refractivity contribution >= 4 is 5.97 Å². The first-order valence-electron chi connectivity index (χ1n) is 6.15. The summed E-state index contributed by atoms with van der Waals surface area (Å²) in [6.07, 6.45) is 2.33. The molecule has 19 heavy (non-hydrogen) atoms. The highest BCUT2D eigenvalue weighted by atomic mass is 16.5. The lowest BCUT2D eigenvalue weighted by Crippen LogP contribution is -2.22. The lowest BCUT2D eigenvalue weighted by molar-refractivity contribution is 0.0690. The van der Waals surface area contributed by atoms with Gasteiger partial charge >= 0.3 is 5.97 Å². The zero-order chi connectivity index (χ0) is 13.9. The summed E-state index contributed by atoms with van der Waals surface area (Å²) in [5.74, 6) is -1.06. The molecule has 8 nitrogen and oxygen atoms in total. The van der Waals surface area contributed by atoms with Crippen LogP contribution in [0.4, 0.5) is 0 Å². The SMILES string of the molecule is COCCOCCCNCCn1cc(C(=O)O)nn1. The molecular formula is C11H20N4O4. The molecule has 8 heteroatoms. The summed E-state index contributed by atoms with van der Waals surface area (Å²) in [7, 11) is 1.64. The van der Waals surface area contributed by atoms with Crippen molar-refractivity contribution in [1.82, 2.24) is 20.3 Å². The molecule has 0 saturated heterocycles. The third-order valence-electron chi connectivity index (χ3n) is 2.35. The number of aromatic nitrogens is 3. The second-order valence-electron chi connectivity index (χ2n) is 3.88. The maximum atomic E-state index is 10.6. The number of rotatable bonds is 11. The van der Waals surface area contributed by atoms with Gasteiger partial charge in [-0.1, -0.05) is 5.21 Å². The van der Waals surface area contributed by atoms with E-state index in [2.05, 4.69) is 15.6 Å². The number of hydrogen-bond donors (Lipinski definition) is 2. The van der Waals surface area contributed by atoms with Crippen molar-refractivity contribution in [3.05, 3.63) is 11.9 Å². The van der Waals surface area contributed by atoms with Gasteiger partial charge in [0.2, 0.25) is 0 Å². The quantitative estimate of drug-likeness (QED) is 0.530. The third-order valence-corrected chi connectivity index (χ3v) is 2.35. The Kier molecular flexibility index (Phi) is 7.71. The molecule has 0 aliphatic heterocycles. The topological polar surface area (TPSA) is 98.5 Å². The molecule has 1 heterocycles. The zero-order valence-electron chi connectivity index (χ0n) is 11.0. The molecule has 0 radical (unpaired) electrons. The number of ether oxygens (including phenoxy) is 2. The van der Waals surface area contributed by atoms with Gasteiger partial charge in [-0.05, 0) is 13.0 Å². The predicted octanol–water partition coefficient (Wildman–Crippen LogP) is -0.381. The minimum atomic E-state index is -1.06. The van der Waals surface area contributed by atoms with Crippen LogP contribution in [0.3, 0.4) is 0 Å². The van der Waals surface area contributed by atoms with Crippen molar-refractivity contribution in [3.63, 3.8) is 0 Å². The van der Waals surface area contributed by atoms with Crippen molar-refractivity contribution < 1.29 is 19.4 Å². The van der Waals surface area contributed by atoms with Gasteiger partial charge in [0.1, 0.15) is 0 Å². The molecule has 0 unspecified atom stereocenters. The van der Waals surface area contributed by atoms with Crippen LogP contribution < -0.4 is 5.32 Å². The number of hydrogen-bond acceptors (Lipinski definition) is 6.